The van der Waals surface area contributed by atoms with Crippen molar-refractivity contribution in [2.45, 2.75) is 56.4 Å². The average molecular weight is 453 g/mol. The molecular formula is C20H22F3N5O2S. The Morgan fingerprint density at radius 3 is 2.42 bits per heavy atom. The van der Waals surface area contributed by atoms with Gasteiger partial charge in [-0.25, -0.2) is 13.4 Å². The first-order chi connectivity index (χ1) is 14.6. The summed E-state index contributed by atoms with van der Waals surface area (Å²) in [5.41, 5.74) is 1.62. The van der Waals surface area contributed by atoms with E-state index < -0.39 is 21.8 Å². The highest BCUT2D eigenvalue weighted by Gasteiger charge is 2.48. The number of hydrogen-bond donors (Lipinski definition) is 2. The van der Waals surface area contributed by atoms with Crippen LogP contribution in [-0.2, 0) is 16.2 Å². The Bertz CT molecular complexity index is 1130. The Morgan fingerprint density at radius 1 is 1.10 bits per heavy atom. The summed E-state index contributed by atoms with van der Waals surface area (Å²) in [5, 5.41) is 5.86. The lowest BCUT2D eigenvalue weighted by Crippen LogP contribution is -2.29. The van der Waals surface area contributed by atoms with E-state index in [9.17, 15) is 21.6 Å². The van der Waals surface area contributed by atoms with E-state index in [1.165, 1.54) is 6.26 Å². The van der Waals surface area contributed by atoms with E-state index in [4.69, 9.17) is 0 Å². The number of nitrogens with zero attached hydrogens (tertiary/aromatic N) is 3. The summed E-state index contributed by atoms with van der Waals surface area (Å²) >= 11 is 0. The van der Waals surface area contributed by atoms with Crippen molar-refractivity contribution in [1.29, 1.82) is 0 Å². The van der Waals surface area contributed by atoms with Gasteiger partial charge in [0.2, 0.25) is 16.0 Å². The van der Waals surface area contributed by atoms with Gasteiger partial charge in [-0.05, 0) is 55.4 Å². The number of alkyl halides is 3. The predicted octanol–water partition coefficient (Wildman–Crippen LogP) is 4.35. The normalized spacial score (nSPS) is 23.5. The van der Waals surface area contributed by atoms with Crippen LogP contribution in [-0.4, -0.2) is 35.0 Å². The summed E-state index contributed by atoms with van der Waals surface area (Å²) in [6.45, 7) is 0. The van der Waals surface area contributed by atoms with Gasteiger partial charge in [0.15, 0.2) is 0 Å². The Morgan fingerprint density at radius 2 is 1.81 bits per heavy atom. The first kappa shape index (κ1) is 20.5. The summed E-state index contributed by atoms with van der Waals surface area (Å²) < 4.78 is 66.0. The number of hydrogen-bond acceptors (Lipinski definition) is 6. The van der Waals surface area contributed by atoms with Crippen molar-refractivity contribution in [2.24, 2.45) is 0 Å². The summed E-state index contributed by atoms with van der Waals surface area (Å²) in [5.74, 6) is -0.170. The highest BCUT2D eigenvalue weighted by molar-refractivity contribution is 7.88. The molecule has 2 aromatic rings. The maximum Gasteiger partial charge on any atom is 0.421 e. The third-order valence-electron chi connectivity index (χ3n) is 6.31. The van der Waals surface area contributed by atoms with Crippen molar-refractivity contribution in [2.75, 3.05) is 16.9 Å². The zero-order chi connectivity index (χ0) is 22.0. The molecule has 2 N–H and O–H groups in total. The van der Waals surface area contributed by atoms with Crippen LogP contribution in [0, 0.1) is 0 Å². The number of fused-ring (bicyclic) bond motifs is 5. The lowest BCUT2D eigenvalue weighted by Gasteiger charge is -2.28. The van der Waals surface area contributed by atoms with Crippen molar-refractivity contribution in [3.05, 3.63) is 41.1 Å². The van der Waals surface area contributed by atoms with Crippen molar-refractivity contribution < 1.29 is 21.6 Å². The van der Waals surface area contributed by atoms with E-state index in [0.717, 1.165) is 49.4 Å². The molecular weight excluding hydrogens is 431 g/mol. The van der Waals surface area contributed by atoms with Gasteiger partial charge in [-0.3, -0.25) is 0 Å². The minimum atomic E-state index is -4.55. The fourth-order valence-corrected chi connectivity index (χ4v) is 6.08. The van der Waals surface area contributed by atoms with Crippen LogP contribution >= 0.6 is 0 Å². The number of halogens is 3. The fraction of sp³-hybridized carbons (Fsp3) is 0.500. The number of sulfonamides is 1. The van der Waals surface area contributed by atoms with E-state index >= 15 is 0 Å². The van der Waals surface area contributed by atoms with Crippen LogP contribution in [0.25, 0.3) is 0 Å². The SMILES string of the molecule is CS(=O)(=O)N1C2CCC1c1cc(Nc3ncc(C(F)(F)F)c(NC4CCC4)n3)ccc12. The van der Waals surface area contributed by atoms with Gasteiger partial charge in [0.1, 0.15) is 11.4 Å². The largest absolute Gasteiger partial charge is 0.421 e. The van der Waals surface area contributed by atoms with Gasteiger partial charge >= 0.3 is 6.18 Å². The minimum absolute atomic E-state index is 0.0126. The van der Waals surface area contributed by atoms with Gasteiger partial charge in [0.25, 0.3) is 0 Å². The molecule has 1 aliphatic carbocycles. The zero-order valence-corrected chi connectivity index (χ0v) is 17.6. The van der Waals surface area contributed by atoms with Crippen LogP contribution in [0.3, 0.4) is 0 Å². The van der Waals surface area contributed by atoms with Crippen LogP contribution in [0.5, 0.6) is 0 Å². The Balaban J connectivity index is 1.43. The van der Waals surface area contributed by atoms with Crippen LogP contribution < -0.4 is 10.6 Å². The molecule has 1 saturated carbocycles. The number of aromatic nitrogens is 2. The highest BCUT2D eigenvalue weighted by atomic mass is 32.2. The van der Waals surface area contributed by atoms with Crippen molar-refractivity contribution in [3.8, 4) is 0 Å². The van der Waals surface area contributed by atoms with Crippen LogP contribution in [0.15, 0.2) is 24.4 Å². The molecule has 0 spiro atoms. The summed E-state index contributed by atoms with van der Waals surface area (Å²) in [7, 11) is -3.34. The number of rotatable bonds is 5. The Kier molecular flexibility index (Phi) is 4.67. The zero-order valence-electron chi connectivity index (χ0n) is 16.8. The number of benzene rings is 1. The number of anilines is 3. The first-order valence-corrected chi connectivity index (χ1v) is 12.1. The molecule has 0 amide bonds. The second-order valence-corrected chi connectivity index (χ2v) is 10.3. The molecule has 2 fully saturated rings. The predicted molar refractivity (Wildman–Crippen MR) is 109 cm³/mol. The molecule has 5 rings (SSSR count). The molecule has 3 heterocycles. The Labute approximate surface area is 178 Å². The molecule has 31 heavy (non-hydrogen) atoms. The highest BCUT2D eigenvalue weighted by Crippen LogP contribution is 2.54. The van der Waals surface area contributed by atoms with E-state index in [0.29, 0.717) is 5.69 Å². The molecule has 2 unspecified atom stereocenters. The van der Waals surface area contributed by atoms with E-state index in [1.54, 1.807) is 10.4 Å². The first-order valence-electron chi connectivity index (χ1n) is 10.2. The molecule has 11 heteroatoms. The topological polar surface area (TPSA) is 87.2 Å². The molecule has 1 aromatic heterocycles. The third-order valence-corrected chi connectivity index (χ3v) is 7.59. The molecule has 166 valence electrons. The van der Waals surface area contributed by atoms with Gasteiger partial charge in [-0.2, -0.15) is 22.5 Å². The van der Waals surface area contributed by atoms with Crippen molar-refractivity contribution >= 4 is 27.5 Å². The third kappa shape index (κ3) is 3.63. The average Bonchev–Trinajstić information content (AvgIpc) is 3.21. The summed E-state index contributed by atoms with van der Waals surface area (Å²) in [4.78, 5) is 7.95. The van der Waals surface area contributed by atoms with Gasteiger partial charge in [0.05, 0.1) is 18.3 Å². The maximum atomic E-state index is 13.4. The summed E-state index contributed by atoms with van der Waals surface area (Å²) in [6.07, 6.45) is 1.61. The lowest BCUT2D eigenvalue weighted by molar-refractivity contribution is -0.137. The van der Waals surface area contributed by atoms with Crippen LogP contribution in [0.1, 0.15) is 60.9 Å². The quantitative estimate of drug-likeness (QED) is 0.700. The second kappa shape index (κ2) is 7.06. The van der Waals surface area contributed by atoms with Gasteiger partial charge < -0.3 is 10.6 Å². The number of nitrogens with one attached hydrogen (secondary N) is 2. The van der Waals surface area contributed by atoms with Gasteiger partial charge in [-0.15, -0.1) is 0 Å². The van der Waals surface area contributed by atoms with Crippen molar-refractivity contribution in [3.63, 3.8) is 0 Å². The molecule has 2 bridgehead atoms. The fourth-order valence-electron chi connectivity index (χ4n) is 4.71. The van der Waals surface area contributed by atoms with Crippen molar-refractivity contribution in [1.82, 2.24) is 14.3 Å². The van der Waals surface area contributed by atoms with Crippen LogP contribution in [0.4, 0.5) is 30.6 Å². The van der Waals surface area contributed by atoms with E-state index in [1.807, 2.05) is 12.1 Å². The van der Waals surface area contributed by atoms with E-state index in [2.05, 4.69) is 20.6 Å². The molecule has 2 atom stereocenters. The smallest absolute Gasteiger partial charge is 0.367 e. The van der Waals surface area contributed by atoms with Gasteiger partial charge in [0, 0.05) is 17.9 Å². The molecule has 1 saturated heterocycles. The van der Waals surface area contributed by atoms with Crippen LogP contribution in [0.2, 0.25) is 0 Å². The lowest BCUT2D eigenvalue weighted by atomic mass is 9.91. The summed E-state index contributed by atoms with van der Waals surface area (Å²) in [6, 6.07) is 5.13. The molecule has 0 radical (unpaired) electrons. The Hall–Kier alpha value is -2.40. The van der Waals surface area contributed by atoms with E-state index in [-0.39, 0.29) is 29.9 Å². The molecule has 2 aliphatic heterocycles. The van der Waals surface area contributed by atoms with Gasteiger partial charge in [-0.1, -0.05) is 6.07 Å². The minimum Gasteiger partial charge on any atom is -0.367 e. The second-order valence-electron chi connectivity index (χ2n) is 8.40. The maximum absolute atomic E-state index is 13.4. The molecule has 7 nitrogen and oxygen atoms in total. The molecule has 1 aromatic carbocycles. The standard InChI is InChI=1S/C20H22F3N5O2S/c1-31(29,30)28-16-7-8-17(28)14-9-12(5-6-13(14)16)26-19-24-10-15(20(21,22)23)18(27-19)25-11-3-2-4-11/h5-6,9-11,16-17H,2-4,7-8H2,1H3,(H2,24,25,26,27). The molecule has 3 aliphatic rings. The monoisotopic (exact) mass is 453 g/mol.